The summed E-state index contributed by atoms with van der Waals surface area (Å²) >= 11 is 3.42. The quantitative estimate of drug-likeness (QED) is 0.724. The largest absolute Gasteiger partial charge is 0.489 e. The average Bonchev–Trinajstić information content (AvgIpc) is 2.46. The highest BCUT2D eigenvalue weighted by molar-refractivity contribution is 9.10. The third-order valence-corrected chi connectivity index (χ3v) is 3.42. The van der Waals surface area contributed by atoms with Gasteiger partial charge in [-0.15, -0.1) is 0 Å². The molecule has 2 aromatic carbocycles. The molecule has 20 heavy (non-hydrogen) atoms. The Bertz CT molecular complexity index is 808. The van der Waals surface area contributed by atoms with Crippen molar-refractivity contribution in [3.8, 4) is 5.75 Å². The summed E-state index contributed by atoms with van der Waals surface area (Å²) in [7, 11) is 0. The van der Waals surface area contributed by atoms with Crippen molar-refractivity contribution in [1.29, 1.82) is 0 Å². The van der Waals surface area contributed by atoms with Crippen molar-refractivity contribution in [2.45, 2.75) is 6.61 Å². The highest BCUT2D eigenvalue weighted by atomic mass is 79.9. The molecule has 0 aliphatic carbocycles. The summed E-state index contributed by atoms with van der Waals surface area (Å²) in [6.07, 6.45) is 1.40. The zero-order valence-electron chi connectivity index (χ0n) is 10.5. The van der Waals surface area contributed by atoms with E-state index in [1.807, 2.05) is 24.3 Å². The van der Waals surface area contributed by atoms with Crippen LogP contribution in [0.5, 0.6) is 5.75 Å². The molecule has 1 aromatic heterocycles. The van der Waals surface area contributed by atoms with Gasteiger partial charge in [-0.3, -0.25) is 4.79 Å². The number of ether oxygens (including phenoxy) is 1. The van der Waals surface area contributed by atoms with Gasteiger partial charge in [-0.25, -0.2) is 0 Å². The van der Waals surface area contributed by atoms with E-state index < -0.39 is 0 Å². The molecular formula is C16H11BrO3. The van der Waals surface area contributed by atoms with Crippen LogP contribution in [0.25, 0.3) is 11.0 Å². The minimum atomic E-state index is -0.0702. The molecule has 100 valence electrons. The van der Waals surface area contributed by atoms with E-state index in [4.69, 9.17) is 9.15 Å². The van der Waals surface area contributed by atoms with Gasteiger partial charge in [0.1, 0.15) is 17.9 Å². The molecule has 0 unspecified atom stereocenters. The summed E-state index contributed by atoms with van der Waals surface area (Å²) in [5.41, 5.74) is 1.55. The van der Waals surface area contributed by atoms with E-state index in [0.29, 0.717) is 23.3 Å². The first-order valence-corrected chi connectivity index (χ1v) is 6.90. The molecule has 0 aliphatic rings. The first-order valence-electron chi connectivity index (χ1n) is 6.11. The highest BCUT2D eigenvalue weighted by Gasteiger charge is 2.03. The van der Waals surface area contributed by atoms with Gasteiger partial charge < -0.3 is 9.15 Å². The van der Waals surface area contributed by atoms with Crippen LogP contribution in [-0.2, 0) is 6.61 Å². The van der Waals surface area contributed by atoms with E-state index in [2.05, 4.69) is 15.9 Å². The molecule has 3 aromatic rings. The lowest BCUT2D eigenvalue weighted by Crippen LogP contribution is -2.00. The zero-order chi connectivity index (χ0) is 13.9. The average molecular weight is 331 g/mol. The lowest BCUT2D eigenvalue weighted by molar-refractivity contribution is 0.306. The molecule has 4 heteroatoms. The van der Waals surface area contributed by atoms with Crippen LogP contribution in [0, 0.1) is 0 Å². The Morgan fingerprint density at radius 2 is 2.00 bits per heavy atom. The molecule has 0 atom stereocenters. The number of hydrogen-bond donors (Lipinski definition) is 0. The summed E-state index contributed by atoms with van der Waals surface area (Å²) in [4.78, 5) is 11.7. The molecule has 0 amide bonds. The maximum absolute atomic E-state index is 11.7. The first kappa shape index (κ1) is 12.9. The lowest BCUT2D eigenvalue weighted by Gasteiger charge is -2.07. The standard InChI is InChI=1S/C16H11BrO3/c17-12-3-1-2-11(8-12)10-20-13-4-5-16-14(9-13)15(18)6-7-19-16/h1-9H,10H2. The molecule has 0 spiro atoms. The monoisotopic (exact) mass is 330 g/mol. The van der Waals surface area contributed by atoms with Gasteiger partial charge in [0.25, 0.3) is 0 Å². The molecule has 3 rings (SSSR count). The third-order valence-electron chi connectivity index (χ3n) is 2.93. The molecule has 0 aliphatic heterocycles. The van der Waals surface area contributed by atoms with Gasteiger partial charge in [-0.05, 0) is 35.9 Å². The van der Waals surface area contributed by atoms with Crippen LogP contribution in [0.1, 0.15) is 5.56 Å². The van der Waals surface area contributed by atoms with Crippen LogP contribution in [0.3, 0.4) is 0 Å². The van der Waals surface area contributed by atoms with E-state index in [9.17, 15) is 4.79 Å². The molecule has 0 N–H and O–H groups in total. The summed E-state index contributed by atoms with van der Waals surface area (Å²) in [6.45, 7) is 0.448. The fraction of sp³-hybridized carbons (Fsp3) is 0.0625. The van der Waals surface area contributed by atoms with Crippen molar-refractivity contribution in [3.05, 3.63) is 75.1 Å². The van der Waals surface area contributed by atoms with Crippen molar-refractivity contribution >= 4 is 26.9 Å². The Balaban J connectivity index is 1.84. The van der Waals surface area contributed by atoms with Crippen LogP contribution in [0.4, 0.5) is 0 Å². The molecule has 0 radical (unpaired) electrons. The van der Waals surface area contributed by atoms with E-state index in [0.717, 1.165) is 10.0 Å². The second-order valence-corrected chi connectivity index (χ2v) is 5.28. The SMILES string of the molecule is O=c1ccoc2ccc(OCc3cccc(Br)c3)cc12. The van der Waals surface area contributed by atoms with Crippen molar-refractivity contribution in [2.75, 3.05) is 0 Å². The van der Waals surface area contributed by atoms with Gasteiger partial charge in [0.2, 0.25) is 0 Å². The van der Waals surface area contributed by atoms with E-state index in [1.54, 1.807) is 18.2 Å². The number of hydrogen-bond acceptors (Lipinski definition) is 3. The van der Waals surface area contributed by atoms with Crippen LogP contribution in [-0.4, -0.2) is 0 Å². The molecule has 0 bridgehead atoms. The van der Waals surface area contributed by atoms with Gasteiger partial charge in [0.15, 0.2) is 5.43 Å². The number of benzene rings is 2. The van der Waals surface area contributed by atoms with Gasteiger partial charge in [0, 0.05) is 10.5 Å². The second kappa shape index (κ2) is 5.51. The first-order chi connectivity index (χ1) is 9.72. The van der Waals surface area contributed by atoms with Crippen molar-refractivity contribution in [2.24, 2.45) is 0 Å². The summed E-state index contributed by atoms with van der Waals surface area (Å²) in [5, 5.41) is 0.527. The second-order valence-electron chi connectivity index (χ2n) is 4.36. The Labute approximate surface area is 123 Å². The predicted molar refractivity (Wildman–Crippen MR) is 81.0 cm³/mol. The molecule has 0 fully saturated rings. The minimum Gasteiger partial charge on any atom is -0.489 e. The molecular weight excluding hydrogens is 320 g/mol. The molecule has 3 nitrogen and oxygen atoms in total. The van der Waals surface area contributed by atoms with Crippen molar-refractivity contribution < 1.29 is 9.15 Å². The lowest BCUT2D eigenvalue weighted by atomic mass is 10.2. The Morgan fingerprint density at radius 3 is 2.85 bits per heavy atom. The molecule has 0 saturated heterocycles. The van der Waals surface area contributed by atoms with E-state index >= 15 is 0 Å². The third kappa shape index (κ3) is 2.75. The van der Waals surface area contributed by atoms with Crippen LogP contribution in [0.2, 0.25) is 0 Å². The summed E-state index contributed by atoms with van der Waals surface area (Å²) in [6, 6.07) is 14.5. The normalized spacial score (nSPS) is 10.7. The Kier molecular flexibility index (Phi) is 3.56. The van der Waals surface area contributed by atoms with E-state index in [-0.39, 0.29) is 5.43 Å². The van der Waals surface area contributed by atoms with Crippen LogP contribution in [0.15, 0.2) is 68.5 Å². The number of fused-ring (bicyclic) bond motifs is 1. The summed E-state index contributed by atoms with van der Waals surface area (Å²) in [5.74, 6) is 0.649. The van der Waals surface area contributed by atoms with Gasteiger partial charge in [0.05, 0.1) is 11.6 Å². The predicted octanol–water partition coefficient (Wildman–Crippen LogP) is 4.13. The maximum atomic E-state index is 11.7. The number of rotatable bonds is 3. The van der Waals surface area contributed by atoms with Crippen molar-refractivity contribution in [1.82, 2.24) is 0 Å². The minimum absolute atomic E-state index is 0.0702. The highest BCUT2D eigenvalue weighted by Crippen LogP contribution is 2.20. The van der Waals surface area contributed by atoms with Crippen molar-refractivity contribution in [3.63, 3.8) is 0 Å². The number of halogens is 1. The van der Waals surface area contributed by atoms with Crippen LogP contribution >= 0.6 is 15.9 Å². The Morgan fingerprint density at radius 1 is 1.10 bits per heavy atom. The van der Waals surface area contributed by atoms with Gasteiger partial charge >= 0.3 is 0 Å². The Hall–Kier alpha value is -2.07. The molecule has 0 saturated carbocycles. The summed E-state index contributed by atoms with van der Waals surface area (Å²) < 4.78 is 12.0. The van der Waals surface area contributed by atoms with Gasteiger partial charge in [-0.1, -0.05) is 28.1 Å². The zero-order valence-corrected chi connectivity index (χ0v) is 12.1. The molecule has 1 heterocycles. The smallest absolute Gasteiger partial charge is 0.192 e. The fourth-order valence-electron chi connectivity index (χ4n) is 1.95. The maximum Gasteiger partial charge on any atom is 0.192 e. The van der Waals surface area contributed by atoms with Gasteiger partial charge in [-0.2, -0.15) is 0 Å². The topological polar surface area (TPSA) is 39.4 Å². The fourth-order valence-corrected chi connectivity index (χ4v) is 2.39. The van der Waals surface area contributed by atoms with E-state index in [1.165, 1.54) is 12.3 Å². The van der Waals surface area contributed by atoms with Crippen LogP contribution < -0.4 is 10.2 Å².